The topological polar surface area (TPSA) is 44.5 Å². The lowest BCUT2D eigenvalue weighted by atomic mass is 9.74. The molecule has 2 N–H and O–H groups in total. The summed E-state index contributed by atoms with van der Waals surface area (Å²) in [7, 11) is 3.35. The Morgan fingerprint density at radius 1 is 1.21 bits per heavy atom. The molecule has 0 fully saturated rings. The van der Waals surface area contributed by atoms with E-state index in [4.69, 9.17) is 15.2 Å². The molecule has 1 aliphatic rings. The number of benzene rings is 1. The molecule has 1 aromatic carbocycles. The Bertz CT molecular complexity index is 492. The van der Waals surface area contributed by atoms with Gasteiger partial charge in [0.25, 0.3) is 0 Å². The summed E-state index contributed by atoms with van der Waals surface area (Å²) >= 11 is 0. The first-order chi connectivity index (χ1) is 8.95. The van der Waals surface area contributed by atoms with Crippen LogP contribution in [-0.4, -0.2) is 20.3 Å². The zero-order chi connectivity index (χ0) is 14.0. The van der Waals surface area contributed by atoms with Gasteiger partial charge in [0, 0.05) is 17.7 Å². The average Bonchev–Trinajstić information content (AvgIpc) is 2.35. The number of hydrogen-bond acceptors (Lipinski definition) is 3. The van der Waals surface area contributed by atoms with E-state index in [1.165, 1.54) is 5.57 Å². The maximum Gasteiger partial charge on any atom is 0.130 e. The van der Waals surface area contributed by atoms with Crippen LogP contribution in [0.5, 0.6) is 11.5 Å². The molecule has 1 aliphatic carbocycles. The summed E-state index contributed by atoms with van der Waals surface area (Å²) in [6, 6.07) is 6.05. The molecule has 1 unspecified atom stereocenters. The monoisotopic (exact) mass is 261 g/mol. The van der Waals surface area contributed by atoms with Crippen LogP contribution < -0.4 is 15.2 Å². The highest BCUT2D eigenvalue weighted by Crippen LogP contribution is 2.42. The van der Waals surface area contributed by atoms with Gasteiger partial charge in [-0.3, -0.25) is 0 Å². The molecule has 2 rings (SSSR count). The molecule has 3 nitrogen and oxygen atoms in total. The number of methoxy groups -OCH3 is 2. The molecule has 0 aliphatic heterocycles. The molecular weight excluding hydrogens is 238 g/mol. The zero-order valence-corrected chi connectivity index (χ0v) is 12.2. The molecule has 0 heterocycles. The Kier molecular flexibility index (Phi) is 3.85. The third-order valence-electron chi connectivity index (χ3n) is 3.63. The summed E-state index contributed by atoms with van der Waals surface area (Å²) in [4.78, 5) is 0. The predicted octanol–water partition coefficient (Wildman–Crippen LogP) is 3.23. The van der Waals surface area contributed by atoms with Gasteiger partial charge in [0.1, 0.15) is 11.5 Å². The highest BCUT2D eigenvalue weighted by molar-refractivity contribution is 5.73. The van der Waals surface area contributed by atoms with Gasteiger partial charge >= 0.3 is 0 Å². The molecule has 0 amide bonds. The molecule has 0 bridgehead atoms. The lowest BCUT2D eigenvalue weighted by Crippen LogP contribution is -2.30. The molecule has 3 heteroatoms. The van der Waals surface area contributed by atoms with Crippen molar-refractivity contribution in [3.63, 3.8) is 0 Å². The highest BCUT2D eigenvalue weighted by Gasteiger charge is 2.28. The molecule has 0 saturated heterocycles. The Morgan fingerprint density at radius 2 is 1.95 bits per heavy atom. The summed E-state index contributed by atoms with van der Waals surface area (Å²) < 4.78 is 10.7. The van der Waals surface area contributed by atoms with Crippen LogP contribution in [0.1, 0.15) is 32.3 Å². The van der Waals surface area contributed by atoms with Gasteiger partial charge in [-0.05, 0) is 36.0 Å². The first-order valence-corrected chi connectivity index (χ1v) is 6.64. The SMILES string of the molecule is COc1ccc(C2=CC(N)CC(C)(C)C2)c(OC)c1. The Morgan fingerprint density at radius 3 is 2.53 bits per heavy atom. The molecule has 104 valence electrons. The molecule has 1 atom stereocenters. The second-order valence-corrected chi connectivity index (χ2v) is 5.97. The molecule has 0 radical (unpaired) electrons. The van der Waals surface area contributed by atoms with Crippen molar-refractivity contribution in [2.75, 3.05) is 14.2 Å². The second kappa shape index (κ2) is 5.25. The third-order valence-corrected chi connectivity index (χ3v) is 3.63. The van der Waals surface area contributed by atoms with Gasteiger partial charge in [-0.25, -0.2) is 0 Å². The minimum atomic E-state index is 0.116. The van der Waals surface area contributed by atoms with Crippen LogP contribution in [0, 0.1) is 5.41 Å². The van der Waals surface area contributed by atoms with Gasteiger partial charge in [-0.2, -0.15) is 0 Å². The van der Waals surface area contributed by atoms with Crippen LogP contribution in [0.15, 0.2) is 24.3 Å². The van der Waals surface area contributed by atoms with Gasteiger partial charge in [0.15, 0.2) is 0 Å². The first-order valence-electron chi connectivity index (χ1n) is 6.64. The molecule has 0 spiro atoms. The maximum absolute atomic E-state index is 6.14. The van der Waals surface area contributed by atoms with Crippen molar-refractivity contribution >= 4 is 5.57 Å². The van der Waals surface area contributed by atoms with Crippen LogP contribution in [0.25, 0.3) is 5.57 Å². The van der Waals surface area contributed by atoms with Gasteiger partial charge in [0.05, 0.1) is 14.2 Å². The van der Waals surface area contributed by atoms with E-state index in [2.05, 4.69) is 26.0 Å². The van der Waals surface area contributed by atoms with Crippen LogP contribution in [0.4, 0.5) is 0 Å². The summed E-state index contributed by atoms with van der Waals surface area (Å²) in [5.41, 5.74) is 8.76. The number of hydrogen-bond donors (Lipinski definition) is 1. The van der Waals surface area contributed by atoms with E-state index in [1.807, 2.05) is 12.1 Å². The largest absolute Gasteiger partial charge is 0.497 e. The lowest BCUT2D eigenvalue weighted by molar-refractivity contribution is 0.318. The van der Waals surface area contributed by atoms with Crippen molar-refractivity contribution in [2.45, 2.75) is 32.7 Å². The zero-order valence-electron chi connectivity index (χ0n) is 12.2. The Balaban J connectivity index is 2.41. The van der Waals surface area contributed by atoms with Crippen LogP contribution in [0.3, 0.4) is 0 Å². The quantitative estimate of drug-likeness (QED) is 0.908. The summed E-state index contributed by atoms with van der Waals surface area (Å²) in [5, 5.41) is 0. The smallest absolute Gasteiger partial charge is 0.130 e. The molecule has 19 heavy (non-hydrogen) atoms. The van der Waals surface area contributed by atoms with Crippen molar-refractivity contribution in [2.24, 2.45) is 11.1 Å². The normalized spacial score (nSPS) is 21.7. The van der Waals surface area contributed by atoms with Crippen molar-refractivity contribution in [1.82, 2.24) is 0 Å². The van der Waals surface area contributed by atoms with Crippen molar-refractivity contribution in [3.05, 3.63) is 29.8 Å². The van der Waals surface area contributed by atoms with E-state index in [9.17, 15) is 0 Å². The molecular formula is C16H23NO2. The van der Waals surface area contributed by atoms with E-state index in [0.717, 1.165) is 29.9 Å². The van der Waals surface area contributed by atoms with Crippen LogP contribution >= 0.6 is 0 Å². The number of nitrogens with two attached hydrogens (primary N) is 1. The predicted molar refractivity (Wildman–Crippen MR) is 78.5 cm³/mol. The number of rotatable bonds is 3. The van der Waals surface area contributed by atoms with Crippen LogP contribution in [0.2, 0.25) is 0 Å². The number of allylic oxidation sites excluding steroid dienone is 1. The Labute approximate surface area is 115 Å². The van der Waals surface area contributed by atoms with E-state index in [1.54, 1.807) is 14.2 Å². The van der Waals surface area contributed by atoms with Gasteiger partial charge in [-0.1, -0.05) is 19.9 Å². The van der Waals surface area contributed by atoms with E-state index >= 15 is 0 Å². The molecule has 0 aromatic heterocycles. The average molecular weight is 261 g/mol. The minimum Gasteiger partial charge on any atom is -0.497 e. The fourth-order valence-electron chi connectivity index (χ4n) is 2.85. The second-order valence-electron chi connectivity index (χ2n) is 5.97. The van der Waals surface area contributed by atoms with Crippen molar-refractivity contribution in [1.29, 1.82) is 0 Å². The van der Waals surface area contributed by atoms with Crippen molar-refractivity contribution in [3.8, 4) is 11.5 Å². The van der Waals surface area contributed by atoms with E-state index in [0.29, 0.717) is 0 Å². The van der Waals surface area contributed by atoms with Gasteiger partial charge in [-0.15, -0.1) is 0 Å². The third kappa shape index (κ3) is 3.10. The highest BCUT2D eigenvalue weighted by atomic mass is 16.5. The minimum absolute atomic E-state index is 0.116. The van der Waals surface area contributed by atoms with Crippen LogP contribution in [-0.2, 0) is 0 Å². The first kappa shape index (κ1) is 13.9. The summed E-state index contributed by atoms with van der Waals surface area (Å²) in [6.45, 7) is 4.52. The number of ether oxygens (including phenoxy) is 2. The molecule has 0 saturated carbocycles. The van der Waals surface area contributed by atoms with Gasteiger partial charge < -0.3 is 15.2 Å². The standard InChI is InChI=1S/C16H23NO2/c1-16(2)9-11(7-12(17)10-16)14-6-5-13(18-3)8-15(14)19-4/h5-8,12H,9-10,17H2,1-4H3. The fourth-order valence-corrected chi connectivity index (χ4v) is 2.85. The van der Waals surface area contributed by atoms with Gasteiger partial charge in [0.2, 0.25) is 0 Å². The summed E-state index contributed by atoms with van der Waals surface area (Å²) in [5.74, 6) is 1.65. The van der Waals surface area contributed by atoms with E-state index < -0.39 is 0 Å². The molecule has 1 aromatic rings. The lowest BCUT2D eigenvalue weighted by Gasteiger charge is -2.33. The fraction of sp³-hybridized carbons (Fsp3) is 0.500. The Hall–Kier alpha value is -1.48. The van der Waals surface area contributed by atoms with Crippen molar-refractivity contribution < 1.29 is 9.47 Å². The summed E-state index contributed by atoms with van der Waals surface area (Å²) in [6.07, 6.45) is 4.20. The maximum atomic E-state index is 6.14. The van der Waals surface area contributed by atoms with E-state index in [-0.39, 0.29) is 11.5 Å².